The number of benzene rings is 4. The third kappa shape index (κ3) is 2.01. The van der Waals surface area contributed by atoms with Gasteiger partial charge in [-0.1, -0.05) is 129 Å². The fraction of sp³-hybridized carbons (Fsp3) is 0.229. The van der Waals surface area contributed by atoms with Gasteiger partial charge in [0.25, 0.3) is 0 Å². The highest BCUT2D eigenvalue weighted by Gasteiger charge is 2.95. The van der Waals surface area contributed by atoms with Gasteiger partial charge in [0.1, 0.15) is 11.4 Å². The first-order valence-electron chi connectivity index (χ1n) is 13.2. The summed E-state index contributed by atoms with van der Waals surface area (Å²) in [7, 11) is 0. The minimum Gasteiger partial charge on any atom is -0.384 e. The second-order valence-electron chi connectivity index (χ2n) is 11.6. The van der Waals surface area contributed by atoms with Crippen molar-refractivity contribution in [1.29, 1.82) is 0 Å². The second kappa shape index (κ2) is 6.57. The van der Waals surface area contributed by atoms with Crippen LogP contribution in [0.4, 0.5) is 0 Å². The predicted octanol–water partition coefficient (Wildman–Crippen LogP) is 6.43. The number of carbonyl (C=O) groups excluding carboxylic acids is 1. The molecule has 0 heterocycles. The first kappa shape index (κ1) is 21.3. The largest absolute Gasteiger partial charge is 0.384 e. The summed E-state index contributed by atoms with van der Waals surface area (Å²) in [5.74, 6) is -0.435. The molecular formula is C35H28O2. The summed E-state index contributed by atoms with van der Waals surface area (Å²) < 4.78 is 0. The minimum absolute atomic E-state index is 0.255. The highest BCUT2D eigenvalue weighted by molar-refractivity contribution is 6.17. The van der Waals surface area contributed by atoms with Crippen molar-refractivity contribution in [1.82, 2.24) is 0 Å². The lowest BCUT2D eigenvalue weighted by Gasteiger charge is -2.52. The molecular weight excluding hydrogens is 452 g/mol. The number of rotatable bonds is 3. The number of fused-ring (bicyclic) bond motifs is 3. The van der Waals surface area contributed by atoms with Gasteiger partial charge >= 0.3 is 0 Å². The number of Topliss-reactive ketones (excluding diaryl/α,β-unsaturated/α-hetero) is 1. The Morgan fingerprint density at radius 3 is 1.76 bits per heavy atom. The van der Waals surface area contributed by atoms with Gasteiger partial charge in [0, 0.05) is 22.2 Å². The number of aliphatic hydroxyl groups is 1. The van der Waals surface area contributed by atoms with Crippen LogP contribution in [0, 0.1) is 17.3 Å². The molecule has 0 aromatic heterocycles. The third-order valence-corrected chi connectivity index (χ3v) is 10.5. The molecule has 0 amide bonds. The summed E-state index contributed by atoms with van der Waals surface area (Å²) in [4.78, 5) is 15.0. The van der Waals surface area contributed by atoms with Gasteiger partial charge in [-0.2, -0.15) is 0 Å². The molecule has 37 heavy (non-hydrogen) atoms. The van der Waals surface area contributed by atoms with Gasteiger partial charge in [0.15, 0.2) is 0 Å². The van der Waals surface area contributed by atoms with Crippen LogP contribution in [0.3, 0.4) is 0 Å². The zero-order valence-electron chi connectivity index (χ0n) is 21.0. The van der Waals surface area contributed by atoms with Crippen LogP contribution in [-0.4, -0.2) is 16.5 Å². The smallest absolute Gasteiger partial charge is 0.148 e. The zero-order valence-corrected chi connectivity index (χ0v) is 21.0. The lowest BCUT2D eigenvalue weighted by atomic mass is 9.52. The average molecular weight is 481 g/mol. The van der Waals surface area contributed by atoms with Crippen LogP contribution in [0.5, 0.6) is 0 Å². The van der Waals surface area contributed by atoms with Crippen molar-refractivity contribution in [2.75, 3.05) is 0 Å². The van der Waals surface area contributed by atoms with E-state index in [1.165, 1.54) is 5.56 Å². The molecule has 2 nitrogen and oxygen atoms in total. The molecule has 0 saturated heterocycles. The van der Waals surface area contributed by atoms with Gasteiger partial charge in [0.2, 0.25) is 0 Å². The van der Waals surface area contributed by atoms with Gasteiger partial charge < -0.3 is 5.11 Å². The average Bonchev–Trinajstić information content (AvgIpc) is 3.51. The van der Waals surface area contributed by atoms with Gasteiger partial charge in [-0.3, -0.25) is 4.79 Å². The molecule has 0 aliphatic heterocycles. The first-order valence-corrected chi connectivity index (χ1v) is 13.2. The Labute approximate surface area is 217 Å². The normalized spacial score (nSPS) is 36.4. The molecule has 0 radical (unpaired) electrons. The molecule has 180 valence electrons. The molecule has 4 bridgehead atoms. The molecule has 0 spiro atoms. The van der Waals surface area contributed by atoms with Crippen LogP contribution >= 0.6 is 0 Å². The molecule has 8 rings (SSSR count). The zero-order chi connectivity index (χ0) is 25.2. The summed E-state index contributed by atoms with van der Waals surface area (Å²) >= 11 is 0. The Balaban J connectivity index is 1.56. The predicted molar refractivity (Wildman–Crippen MR) is 146 cm³/mol. The highest BCUT2D eigenvalue weighted by Crippen LogP contribution is 2.89. The molecule has 4 aliphatic carbocycles. The van der Waals surface area contributed by atoms with E-state index >= 15 is 4.79 Å². The van der Waals surface area contributed by atoms with Crippen LogP contribution in [0.1, 0.15) is 41.7 Å². The molecule has 4 aliphatic rings. The van der Waals surface area contributed by atoms with E-state index in [0.717, 1.165) is 33.4 Å². The van der Waals surface area contributed by atoms with Crippen molar-refractivity contribution in [3.8, 4) is 0 Å². The molecule has 2 saturated carbocycles. The summed E-state index contributed by atoms with van der Waals surface area (Å²) in [6.07, 6.45) is 0. The fourth-order valence-corrected chi connectivity index (χ4v) is 9.25. The first-order chi connectivity index (χ1) is 17.9. The lowest BCUT2D eigenvalue weighted by Crippen LogP contribution is -2.60. The maximum absolute atomic E-state index is 15.0. The number of carbonyl (C=O) groups is 1. The minimum atomic E-state index is -1.21. The second-order valence-corrected chi connectivity index (χ2v) is 11.6. The number of ketones is 1. The fourth-order valence-electron chi connectivity index (χ4n) is 9.25. The highest BCUT2D eigenvalue weighted by atomic mass is 16.3. The Bertz CT molecular complexity index is 1640. The Morgan fingerprint density at radius 1 is 0.622 bits per heavy atom. The van der Waals surface area contributed by atoms with Crippen molar-refractivity contribution in [2.45, 2.75) is 30.3 Å². The number of hydrogen-bond donors (Lipinski definition) is 1. The third-order valence-electron chi connectivity index (χ3n) is 10.5. The van der Waals surface area contributed by atoms with Gasteiger partial charge in [-0.05, 0) is 39.0 Å². The van der Waals surface area contributed by atoms with Crippen molar-refractivity contribution in [2.24, 2.45) is 17.3 Å². The summed E-state index contributed by atoms with van der Waals surface area (Å²) in [5, 5.41) is 13.5. The van der Waals surface area contributed by atoms with E-state index in [1.807, 2.05) is 42.5 Å². The summed E-state index contributed by atoms with van der Waals surface area (Å²) in [6.45, 7) is 4.28. The Morgan fingerprint density at radius 2 is 1.14 bits per heavy atom. The van der Waals surface area contributed by atoms with Crippen LogP contribution < -0.4 is 0 Å². The van der Waals surface area contributed by atoms with E-state index in [0.29, 0.717) is 0 Å². The number of hydrogen-bond acceptors (Lipinski definition) is 2. The van der Waals surface area contributed by atoms with E-state index < -0.39 is 27.8 Å². The van der Waals surface area contributed by atoms with Crippen LogP contribution in [0.25, 0.3) is 11.1 Å². The van der Waals surface area contributed by atoms with Crippen molar-refractivity contribution >= 4 is 16.9 Å². The lowest BCUT2D eigenvalue weighted by molar-refractivity contribution is -0.138. The maximum Gasteiger partial charge on any atom is 0.148 e. The number of allylic oxidation sites excluding steroid dienone is 1. The van der Waals surface area contributed by atoms with Gasteiger partial charge in [-0.25, -0.2) is 0 Å². The molecule has 1 N–H and O–H groups in total. The molecule has 2 fully saturated rings. The van der Waals surface area contributed by atoms with E-state index in [4.69, 9.17) is 0 Å². The Hall–Kier alpha value is -3.75. The van der Waals surface area contributed by atoms with Crippen LogP contribution in [0.15, 0.2) is 115 Å². The summed E-state index contributed by atoms with van der Waals surface area (Å²) in [5.41, 5.74) is 4.14. The summed E-state index contributed by atoms with van der Waals surface area (Å²) in [6, 6.07) is 39.5. The van der Waals surface area contributed by atoms with E-state index in [-0.39, 0.29) is 11.7 Å². The maximum atomic E-state index is 15.0. The Kier molecular flexibility index (Phi) is 3.79. The van der Waals surface area contributed by atoms with Gasteiger partial charge in [0.05, 0.1) is 5.92 Å². The SMILES string of the molecule is C[C@]12C(=O)[C@@H]3C(c4ccccc4)=C(c4ccccc4)[C@]4(O)[C@H]1[C@@]2(c1ccccc1)c1ccccc1[C@@]34C. The van der Waals surface area contributed by atoms with E-state index in [1.54, 1.807) is 0 Å². The molecule has 0 unspecified atom stereocenters. The monoisotopic (exact) mass is 480 g/mol. The molecule has 2 heteroatoms. The molecule has 6 atom stereocenters. The van der Waals surface area contributed by atoms with Crippen molar-refractivity contribution in [3.63, 3.8) is 0 Å². The van der Waals surface area contributed by atoms with Crippen LogP contribution in [0.2, 0.25) is 0 Å². The molecule has 4 aromatic rings. The standard InChI is InChI=1S/C35H28O2/c1-32-25-20-12-13-21-26(25)34(24-18-10-5-11-19-24)31-33(34,2)30(36)29(32)27(22-14-6-3-7-15-22)28(35(31,32)37)23-16-8-4-9-17-23/h3-21,29,31,37H,1-2H3/t29-,31+,32-,33-,34+,35-/m0/s1. The molecule has 4 aromatic carbocycles. The van der Waals surface area contributed by atoms with E-state index in [2.05, 4.69) is 86.6 Å². The topological polar surface area (TPSA) is 37.3 Å². The quantitative estimate of drug-likeness (QED) is 0.367. The van der Waals surface area contributed by atoms with Gasteiger partial charge in [-0.15, -0.1) is 0 Å². The van der Waals surface area contributed by atoms with Crippen molar-refractivity contribution < 1.29 is 9.90 Å². The van der Waals surface area contributed by atoms with Crippen molar-refractivity contribution in [3.05, 3.63) is 143 Å². The van der Waals surface area contributed by atoms with Crippen LogP contribution in [-0.2, 0) is 15.6 Å². The van der Waals surface area contributed by atoms with E-state index in [9.17, 15) is 5.11 Å².